The standard InChI is InChI=1S/C26H25N5O5S.C21H17N5O3S.C12H11N3O4.C8H7IO2.C8H8O3.C2H3N/c1-26(2,3)36-25(33)28-18-8-7-17(23-5-4-10-37-23)12-19(18)27-24(32)20-14-31(30-29-20)13-16-6-9-21-22(11-16)35-15-34-21;22-15-5-4-14(20-2-1-7-30-20)9-16(15)23-21(27)17-11-26(25-24-17)10-13-3-6-18-19(8-13)29-12-28-18;1-17-12(16)9-6-15(14-13-9)5-8-2-3-10-11(4-8)19-7-18-10;2*9-4-6-1-2-7-8(3-6)11-5-10-7;1-2-3/h4-12,14H,13,15H2,1-3H3,(H,27,32)(H,28,33);1-9,11H,10,12,22H2,(H,23,27);2-4,6H,5,7H2,1H3;1-3H,4-5H2;1-3,9H,4-5H2;1H3. The van der Waals surface area contributed by atoms with Gasteiger partial charge >= 0.3 is 12.1 Å². The molecular formula is C77H71IN14O17S2. The van der Waals surface area contributed by atoms with Crippen LogP contribution in [0.3, 0.4) is 0 Å². The molecule has 0 atom stereocenters. The first-order valence-corrected chi connectivity index (χ1v) is 37.1. The predicted octanol–water partition coefficient (Wildman–Crippen LogP) is 13.6. The molecule has 31 nitrogen and oxygen atoms in total. The van der Waals surface area contributed by atoms with Gasteiger partial charge in [0.1, 0.15) is 5.60 Å². The number of hydrogen-bond donors (Lipinski definition) is 5. The molecule has 5 aliphatic rings. The topological polar surface area (TPSA) is 377 Å². The number of carbonyl (C=O) groups excluding carboxylic acids is 4. The second-order valence-electron chi connectivity index (χ2n) is 24.9. The summed E-state index contributed by atoms with van der Waals surface area (Å²) in [6.07, 6.45) is 4.07. The second-order valence-corrected chi connectivity index (χ2v) is 27.6. The number of nitrogens with two attached hydrogens (primary N) is 1. The molecular weight excluding hydrogens is 1580 g/mol. The number of nitrogens with zero attached hydrogens (tertiary/aromatic N) is 10. The van der Waals surface area contributed by atoms with Gasteiger partial charge < -0.3 is 78.3 Å². The summed E-state index contributed by atoms with van der Waals surface area (Å²) in [6.45, 7) is 9.46. The zero-order chi connectivity index (χ0) is 77.8. The number of fused-ring (bicyclic) bond motifs is 5. The molecule has 570 valence electrons. The fourth-order valence-corrected chi connectivity index (χ4v) is 12.6. The van der Waals surface area contributed by atoms with Crippen molar-refractivity contribution >= 4 is 91.9 Å². The fraction of sp³-hybridized carbons (Fsp3) is 0.208. The third kappa shape index (κ3) is 21.0. The molecule has 0 radical (unpaired) electrons. The molecule has 17 rings (SSSR count). The number of alkyl halides is 1. The van der Waals surface area contributed by atoms with Crippen molar-refractivity contribution in [2.24, 2.45) is 0 Å². The van der Waals surface area contributed by atoms with Crippen LogP contribution in [0.2, 0.25) is 0 Å². The van der Waals surface area contributed by atoms with Crippen LogP contribution in [0.4, 0.5) is 27.5 Å². The van der Waals surface area contributed by atoms with Gasteiger partial charge in [-0.05, 0) is 168 Å². The maximum atomic E-state index is 13.1. The van der Waals surface area contributed by atoms with E-state index in [1.165, 1.54) is 25.8 Å². The van der Waals surface area contributed by atoms with Crippen LogP contribution in [0.25, 0.3) is 20.9 Å². The number of esters is 1. The zero-order valence-electron chi connectivity index (χ0n) is 60.1. The normalized spacial score (nSPS) is 12.3. The predicted molar refractivity (Wildman–Crippen MR) is 416 cm³/mol. The first-order chi connectivity index (χ1) is 53.9. The molecule has 6 N–H and O–H groups in total. The molecule has 0 unspecified atom stereocenters. The van der Waals surface area contributed by atoms with Crippen molar-refractivity contribution in [1.29, 1.82) is 5.26 Å². The summed E-state index contributed by atoms with van der Waals surface area (Å²) in [5.74, 6) is 6.10. The van der Waals surface area contributed by atoms with E-state index in [1.807, 2.05) is 126 Å². The van der Waals surface area contributed by atoms with Crippen LogP contribution >= 0.6 is 45.3 Å². The number of aliphatic hydroxyl groups excluding tert-OH is 1. The van der Waals surface area contributed by atoms with Gasteiger partial charge in [0, 0.05) is 21.1 Å². The summed E-state index contributed by atoms with van der Waals surface area (Å²) in [4.78, 5) is 51.5. The molecule has 0 spiro atoms. The number of ether oxygens (including phenoxy) is 12. The summed E-state index contributed by atoms with van der Waals surface area (Å²) >= 11 is 5.52. The van der Waals surface area contributed by atoms with Crippen molar-refractivity contribution in [3.63, 3.8) is 0 Å². The summed E-state index contributed by atoms with van der Waals surface area (Å²) in [5, 5.41) is 52.2. The van der Waals surface area contributed by atoms with Gasteiger partial charge in [0.05, 0.1) is 80.8 Å². The molecule has 34 heteroatoms. The van der Waals surface area contributed by atoms with E-state index >= 15 is 0 Å². The van der Waals surface area contributed by atoms with E-state index in [9.17, 15) is 19.2 Å². The lowest BCUT2D eigenvalue weighted by atomic mass is 10.1. The van der Waals surface area contributed by atoms with Gasteiger partial charge in [0.15, 0.2) is 74.6 Å². The number of nitrogen functional groups attached to an aromatic ring is 1. The minimum Gasteiger partial charge on any atom is -0.464 e. The number of methoxy groups -OCH3 is 1. The van der Waals surface area contributed by atoms with E-state index in [-0.39, 0.29) is 56.8 Å². The van der Waals surface area contributed by atoms with Crippen molar-refractivity contribution in [2.75, 3.05) is 62.8 Å². The lowest BCUT2D eigenvalue weighted by Crippen LogP contribution is -2.27. The highest BCUT2D eigenvalue weighted by Crippen LogP contribution is 2.39. The summed E-state index contributed by atoms with van der Waals surface area (Å²) < 4.78 is 68.3. The van der Waals surface area contributed by atoms with E-state index in [1.54, 1.807) is 106 Å². The number of nitriles is 1. The summed E-state index contributed by atoms with van der Waals surface area (Å²) in [6, 6.07) is 49.0. The molecule has 7 aromatic carbocycles. The minimum absolute atomic E-state index is 0.0383. The zero-order valence-corrected chi connectivity index (χ0v) is 63.9. The highest BCUT2D eigenvalue weighted by Gasteiger charge is 2.24. The van der Waals surface area contributed by atoms with E-state index in [0.717, 1.165) is 82.1 Å². The molecule has 3 amide bonds. The van der Waals surface area contributed by atoms with E-state index < -0.39 is 23.6 Å². The van der Waals surface area contributed by atoms with Gasteiger partial charge in [0.25, 0.3) is 11.8 Å². The van der Waals surface area contributed by atoms with Crippen molar-refractivity contribution < 1.29 is 81.1 Å². The van der Waals surface area contributed by atoms with Crippen LogP contribution in [0.5, 0.6) is 57.5 Å². The maximum absolute atomic E-state index is 13.1. The quantitative estimate of drug-likeness (QED) is 0.0260. The van der Waals surface area contributed by atoms with Gasteiger partial charge in [-0.3, -0.25) is 14.9 Å². The number of hydrogen-bond acceptors (Lipinski definition) is 27. The van der Waals surface area contributed by atoms with Gasteiger partial charge in [-0.2, -0.15) is 5.26 Å². The number of rotatable bonds is 16. The van der Waals surface area contributed by atoms with Crippen molar-refractivity contribution in [3.05, 3.63) is 226 Å². The van der Waals surface area contributed by atoms with Gasteiger partial charge in [-0.1, -0.05) is 92.8 Å². The van der Waals surface area contributed by atoms with Crippen molar-refractivity contribution in [3.8, 4) is 84.4 Å². The molecule has 12 aromatic rings. The lowest BCUT2D eigenvalue weighted by Gasteiger charge is -2.20. The van der Waals surface area contributed by atoms with Crippen LogP contribution in [-0.4, -0.2) is 121 Å². The Balaban J connectivity index is 0.000000137. The number of carbonyl (C=O) groups is 4. The SMILES string of the molecule is CC#N.CC(C)(C)OC(=O)Nc1ccc(-c2cccs2)cc1NC(=O)c1cn(Cc2ccc3c(c2)OCO3)nn1.COC(=O)c1cn(Cc2ccc3c(c2)OCO3)nn1.ICc1ccc2c(c1)OCO2.Nc1ccc(-c2cccs2)cc1NC(=O)c1cn(Cc2ccc3c(c2)OCO3)nn1.OCc1ccc2c(c1)OCO2. The minimum atomic E-state index is -0.666. The van der Waals surface area contributed by atoms with E-state index in [4.69, 9.17) is 68.2 Å². The van der Waals surface area contributed by atoms with Crippen LogP contribution in [0.1, 0.15) is 87.0 Å². The summed E-state index contributed by atoms with van der Waals surface area (Å²) in [7, 11) is 1.30. The van der Waals surface area contributed by atoms with Crippen LogP contribution < -0.4 is 69.1 Å². The number of thiophene rings is 2. The van der Waals surface area contributed by atoms with Crippen molar-refractivity contribution in [1.82, 2.24) is 45.0 Å². The molecule has 0 saturated carbocycles. The fourth-order valence-electron chi connectivity index (χ4n) is 10.7. The Morgan fingerprint density at radius 1 is 0.505 bits per heavy atom. The Morgan fingerprint density at radius 2 is 0.874 bits per heavy atom. The average Bonchev–Trinajstić information content (AvgIpc) is 1.82. The first-order valence-electron chi connectivity index (χ1n) is 33.8. The highest BCUT2D eigenvalue weighted by molar-refractivity contribution is 14.1. The Labute approximate surface area is 656 Å². The monoisotopic (exact) mass is 1650 g/mol. The second kappa shape index (κ2) is 36.7. The number of amides is 3. The Morgan fingerprint density at radius 3 is 1.28 bits per heavy atom. The van der Waals surface area contributed by atoms with Crippen LogP contribution in [-0.2, 0) is 40.1 Å². The number of aromatic nitrogens is 9. The number of aliphatic hydroxyl groups is 1. The Hall–Kier alpha value is -13.0. The maximum Gasteiger partial charge on any atom is 0.412 e. The third-order valence-electron chi connectivity index (χ3n) is 15.8. The number of nitrogens with one attached hydrogen (secondary N) is 3. The van der Waals surface area contributed by atoms with E-state index in [0.29, 0.717) is 72.2 Å². The van der Waals surface area contributed by atoms with Gasteiger partial charge in [-0.25, -0.2) is 23.6 Å². The molecule has 5 aromatic heterocycles. The molecule has 10 heterocycles. The smallest absolute Gasteiger partial charge is 0.412 e. The van der Waals surface area contributed by atoms with E-state index in [2.05, 4.69) is 80.3 Å². The molecule has 0 bridgehead atoms. The van der Waals surface area contributed by atoms with Gasteiger partial charge in [0.2, 0.25) is 34.0 Å². The number of anilines is 4. The molecule has 5 aliphatic heterocycles. The summed E-state index contributed by atoms with van der Waals surface area (Å²) in [5.41, 5.74) is 14.6. The molecule has 0 aliphatic carbocycles. The van der Waals surface area contributed by atoms with Crippen molar-refractivity contribution in [2.45, 2.75) is 64.0 Å². The number of benzene rings is 7. The molecule has 0 saturated heterocycles. The Bertz CT molecular complexity index is 5240. The largest absolute Gasteiger partial charge is 0.464 e. The van der Waals surface area contributed by atoms with Crippen LogP contribution in [0, 0.1) is 11.3 Å². The van der Waals surface area contributed by atoms with Crippen LogP contribution in [0.15, 0.2) is 181 Å². The third-order valence-corrected chi connectivity index (χ3v) is 18.6. The van der Waals surface area contributed by atoms with Gasteiger partial charge in [-0.15, -0.1) is 38.0 Å². The lowest BCUT2D eigenvalue weighted by molar-refractivity contribution is 0.0591. The highest BCUT2D eigenvalue weighted by atomic mass is 127. The molecule has 0 fully saturated rings. The average molecular weight is 1660 g/mol. The number of halogens is 1. The molecule has 111 heavy (non-hydrogen) atoms. The first kappa shape index (κ1) is 77.6. The Kier molecular flexibility index (Phi) is 25.7.